The fourth-order valence-electron chi connectivity index (χ4n) is 3.05. The maximum absolute atomic E-state index is 5.91. The summed E-state index contributed by atoms with van der Waals surface area (Å²) in [6.45, 7) is 12.7. The molecule has 2 heterocycles. The first kappa shape index (κ1) is 15.2. The van der Waals surface area contributed by atoms with Crippen molar-refractivity contribution in [3.8, 4) is 0 Å². The van der Waals surface area contributed by atoms with Crippen molar-refractivity contribution in [3.63, 3.8) is 0 Å². The lowest BCUT2D eigenvalue weighted by atomic mass is 10.1. The molecule has 2 rings (SSSR count). The summed E-state index contributed by atoms with van der Waals surface area (Å²) in [4.78, 5) is 9.83. The first-order chi connectivity index (χ1) is 9.43. The van der Waals surface area contributed by atoms with E-state index in [1.807, 2.05) is 13.8 Å². The second-order valence-corrected chi connectivity index (χ2v) is 5.97. The highest BCUT2D eigenvalue weighted by Gasteiger charge is 2.25. The van der Waals surface area contributed by atoms with Crippen molar-refractivity contribution in [2.45, 2.75) is 33.7 Å². The zero-order chi connectivity index (χ0) is 14.9. The van der Waals surface area contributed by atoms with Gasteiger partial charge in [0.1, 0.15) is 4.99 Å². The highest BCUT2D eigenvalue weighted by molar-refractivity contribution is 7.80. The molecule has 4 nitrogen and oxygen atoms in total. The van der Waals surface area contributed by atoms with Crippen LogP contribution in [0.3, 0.4) is 0 Å². The first-order valence-electron chi connectivity index (χ1n) is 7.21. The van der Waals surface area contributed by atoms with Gasteiger partial charge in [-0.05, 0) is 33.4 Å². The molecule has 20 heavy (non-hydrogen) atoms. The Bertz CT molecular complexity index is 515. The summed E-state index contributed by atoms with van der Waals surface area (Å²) >= 11 is 5.23. The van der Waals surface area contributed by atoms with Crippen LogP contribution in [0.15, 0.2) is 6.07 Å². The number of rotatable bonds is 3. The third-order valence-electron chi connectivity index (χ3n) is 4.07. The van der Waals surface area contributed by atoms with E-state index in [1.165, 1.54) is 0 Å². The molecule has 0 aromatic carbocycles. The predicted molar refractivity (Wildman–Crippen MR) is 88.5 cm³/mol. The Morgan fingerprint density at radius 3 is 2.70 bits per heavy atom. The van der Waals surface area contributed by atoms with Crippen molar-refractivity contribution < 1.29 is 0 Å². The SMILES string of the molecule is CCN1CCN(c2cc(C)nc(C)c2C(N)=S)CC1C. The number of hydrogen-bond acceptors (Lipinski definition) is 4. The van der Waals surface area contributed by atoms with Crippen LogP contribution in [0, 0.1) is 13.8 Å². The highest BCUT2D eigenvalue weighted by Crippen LogP contribution is 2.26. The average Bonchev–Trinajstić information content (AvgIpc) is 2.37. The van der Waals surface area contributed by atoms with E-state index < -0.39 is 0 Å². The number of thiocarbonyl (C=S) groups is 1. The molecule has 1 aliphatic heterocycles. The Hall–Kier alpha value is -1.20. The number of nitrogens with zero attached hydrogens (tertiary/aromatic N) is 3. The van der Waals surface area contributed by atoms with Crippen molar-refractivity contribution in [2.75, 3.05) is 31.1 Å². The van der Waals surface area contributed by atoms with E-state index in [0.29, 0.717) is 11.0 Å². The largest absolute Gasteiger partial charge is 0.389 e. The predicted octanol–water partition coefficient (Wildman–Crippen LogP) is 1.86. The van der Waals surface area contributed by atoms with Gasteiger partial charge in [0.05, 0.1) is 11.3 Å². The van der Waals surface area contributed by atoms with Gasteiger partial charge >= 0.3 is 0 Å². The fraction of sp³-hybridized carbons (Fsp3) is 0.600. The number of pyridine rings is 1. The van der Waals surface area contributed by atoms with Gasteiger partial charge in [0.2, 0.25) is 0 Å². The molecular weight excluding hydrogens is 268 g/mol. The van der Waals surface area contributed by atoms with Crippen molar-refractivity contribution in [1.82, 2.24) is 9.88 Å². The molecule has 0 amide bonds. The Kier molecular flexibility index (Phi) is 4.60. The van der Waals surface area contributed by atoms with E-state index >= 15 is 0 Å². The molecule has 110 valence electrons. The Morgan fingerprint density at radius 1 is 1.45 bits per heavy atom. The van der Waals surface area contributed by atoms with E-state index in [9.17, 15) is 0 Å². The second kappa shape index (κ2) is 6.06. The molecule has 1 fully saturated rings. The van der Waals surface area contributed by atoms with Gasteiger partial charge in [0.15, 0.2) is 0 Å². The zero-order valence-electron chi connectivity index (χ0n) is 12.8. The van der Waals surface area contributed by atoms with Gasteiger partial charge in [-0.15, -0.1) is 0 Å². The molecule has 2 N–H and O–H groups in total. The molecule has 1 aromatic heterocycles. The lowest BCUT2D eigenvalue weighted by molar-refractivity contribution is 0.199. The monoisotopic (exact) mass is 292 g/mol. The Labute approximate surface area is 127 Å². The van der Waals surface area contributed by atoms with Gasteiger partial charge in [0.25, 0.3) is 0 Å². The normalized spacial score (nSPS) is 20.2. The molecule has 0 saturated carbocycles. The van der Waals surface area contributed by atoms with Crippen LogP contribution in [0.2, 0.25) is 0 Å². The molecule has 0 radical (unpaired) electrons. The van der Waals surface area contributed by atoms with Gasteiger partial charge in [-0.1, -0.05) is 19.1 Å². The van der Waals surface area contributed by atoms with E-state index in [0.717, 1.165) is 48.8 Å². The molecule has 1 atom stereocenters. The molecule has 0 spiro atoms. The number of aromatic nitrogens is 1. The van der Waals surface area contributed by atoms with Gasteiger partial charge in [0, 0.05) is 37.1 Å². The molecule has 1 aliphatic rings. The van der Waals surface area contributed by atoms with Gasteiger partial charge < -0.3 is 10.6 Å². The zero-order valence-corrected chi connectivity index (χ0v) is 13.6. The van der Waals surface area contributed by atoms with Crippen LogP contribution in [0.1, 0.15) is 30.8 Å². The summed E-state index contributed by atoms with van der Waals surface area (Å²) in [7, 11) is 0. The van der Waals surface area contributed by atoms with E-state index in [4.69, 9.17) is 18.0 Å². The Morgan fingerprint density at radius 2 is 2.15 bits per heavy atom. The number of hydrogen-bond donors (Lipinski definition) is 1. The van der Waals surface area contributed by atoms with Crippen molar-refractivity contribution in [2.24, 2.45) is 5.73 Å². The molecule has 0 bridgehead atoms. The summed E-state index contributed by atoms with van der Waals surface area (Å²) < 4.78 is 0. The van der Waals surface area contributed by atoms with Crippen LogP contribution in [-0.4, -0.2) is 47.1 Å². The molecular formula is C15H24N4S. The number of nitrogens with two attached hydrogens (primary N) is 1. The van der Waals surface area contributed by atoms with E-state index in [-0.39, 0.29) is 0 Å². The smallest absolute Gasteiger partial charge is 0.107 e. The lowest BCUT2D eigenvalue weighted by Crippen LogP contribution is -2.52. The topological polar surface area (TPSA) is 45.4 Å². The lowest BCUT2D eigenvalue weighted by Gasteiger charge is -2.41. The van der Waals surface area contributed by atoms with Gasteiger partial charge in [-0.25, -0.2) is 0 Å². The van der Waals surface area contributed by atoms with Gasteiger partial charge in [-0.2, -0.15) is 0 Å². The van der Waals surface area contributed by atoms with Crippen LogP contribution in [0.25, 0.3) is 0 Å². The number of anilines is 1. The maximum Gasteiger partial charge on any atom is 0.107 e. The minimum Gasteiger partial charge on any atom is -0.389 e. The molecule has 1 aromatic rings. The molecule has 1 unspecified atom stereocenters. The highest BCUT2D eigenvalue weighted by atomic mass is 32.1. The fourth-order valence-corrected chi connectivity index (χ4v) is 3.30. The van der Waals surface area contributed by atoms with Crippen LogP contribution in [0.5, 0.6) is 0 Å². The van der Waals surface area contributed by atoms with Gasteiger partial charge in [-0.3, -0.25) is 9.88 Å². The van der Waals surface area contributed by atoms with Crippen LogP contribution in [-0.2, 0) is 0 Å². The summed E-state index contributed by atoms with van der Waals surface area (Å²) in [5.41, 5.74) is 9.94. The standard InChI is InChI=1S/C15H24N4S/c1-5-18-6-7-19(9-11(18)3)13-8-10(2)17-12(4)14(13)15(16)20/h8,11H,5-7,9H2,1-4H3,(H2,16,20). The number of likely N-dealkylation sites (N-methyl/N-ethyl adjacent to an activating group) is 1. The summed E-state index contributed by atoms with van der Waals surface area (Å²) in [5, 5.41) is 0. The second-order valence-electron chi connectivity index (χ2n) is 5.53. The van der Waals surface area contributed by atoms with Crippen molar-refractivity contribution >= 4 is 22.9 Å². The Balaban J connectivity index is 2.35. The van der Waals surface area contributed by atoms with Crippen molar-refractivity contribution in [1.29, 1.82) is 0 Å². The minimum atomic E-state index is 0.440. The van der Waals surface area contributed by atoms with Crippen LogP contribution >= 0.6 is 12.2 Å². The molecule has 1 saturated heterocycles. The molecule has 5 heteroatoms. The minimum absolute atomic E-state index is 0.440. The third kappa shape index (κ3) is 2.94. The first-order valence-corrected chi connectivity index (χ1v) is 7.62. The van der Waals surface area contributed by atoms with Crippen LogP contribution in [0.4, 0.5) is 5.69 Å². The summed E-state index contributed by atoms with van der Waals surface area (Å²) in [5.74, 6) is 0. The third-order valence-corrected chi connectivity index (χ3v) is 4.27. The van der Waals surface area contributed by atoms with E-state index in [1.54, 1.807) is 0 Å². The summed E-state index contributed by atoms with van der Waals surface area (Å²) in [6.07, 6.45) is 0. The summed E-state index contributed by atoms with van der Waals surface area (Å²) in [6, 6.07) is 2.65. The number of aryl methyl sites for hydroxylation is 2. The number of piperazine rings is 1. The van der Waals surface area contributed by atoms with Crippen LogP contribution < -0.4 is 10.6 Å². The van der Waals surface area contributed by atoms with Crippen molar-refractivity contribution in [3.05, 3.63) is 23.0 Å². The van der Waals surface area contributed by atoms with E-state index in [2.05, 4.69) is 34.7 Å². The average molecular weight is 292 g/mol. The maximum atomic E-state index is 5.91. The molecule has 0 aliphatic carbocycles. The quantitative estimate of drug-likeness (QED) is 0.862.